The Morgan fingerprint density at radius 2 is 2.06 bits per heavy atom. The number of rotatable bonds is 1. The molecule has 0 amide bonds. The van der Waals surface area contributed by atoms with E-state index in [1.54, 1.807) is 12.1 Å². The molecule has 1 aromatic heterocycles. The molecule has 2 nitrogen and oxygen atoms in total. The molecule has 0 aliphatic carbocycles. The van der Waals surface area contributed by atoms with Crippen LogP contribution in [0.1, 0.15) is 0 Å². The van der Waals surface area contributed by atoms with E-state index in [-0.39, 0.29) is 5.82 Å². The van der Waals surface area contributed by atoms with Crippen LogP contribution in [0, 0.1) is 5.82 Å². The van der Waals surface area contributed by atoms with Crippen molar-refractivity contribution in [3.05, 3.63) is 46.7 Å². The number of nitrogens with zero attached hydrogens (tertiary/aromatic N) is 1. The fourth-order valence-electron chi connectivity index (χ4n) is 1.77. The van der Waals surface area contributed by atoms with Crippen molar-refractivity contribution < 1.29 is 4.39 Å². The zero-order chi connectivity index (χ0) is 12.7. The second-order valence-corrected chi connectivity index (χ2v) is 5.78. The minimum absolute atomic E-state index is 0.340. The molecule has 3 rings (SSSR count). The van der Waals surface area contributed by atoms with Crippen LogP contribution in [0.4, 0.5) is 10.1 Å². The lowest BCUT2D eigenvalue weighted by molar-refractivity contribution is 0.632. The summed E-state index contributed by atoms with van der Waals surface area (Å²) in [6, 6.07) is 10.5. The van der Waals surface area contributed by atoms with Crippen molar-refractivity contribution in [2.24, 2.45) is 0 Å². The number of hydrogen-bond acceptors (Lipinski definition) is 3. The first-order chi connectivity index (χ1) is 8.65. The van der Waals surface area contributed by atoms with Crippen LogP contribution in [-0.4, -0.2) is 4.98 Å². The van der Waals surface area contributed by atoms with Gasteiger partial charge in [0, 0.05) is 10.2 Å². The third-order valence-corrected chi connectivity index (χ3v) is 4.16. The first-order valence-electron chi connectivity index (χ1n) is 5.25. The molecule has 2 aromatic carbocycles. The minimum atomic E-state index is -0.340. The van der Waals surface area contributed by atoms with Gasteiger partial charge in [0.15, 0.2) is 0 Å². The topological polar surface area (TPSA) is 38.9 Å². The fourth-order valence-corrected chi connectivity index (χ4v) is 3.14. The standard InChI is InChI=1S/C13H8BrFN2S/c14-7-4-5-11-10(6-7)17-13(18-11)12-8(15)2-1-3-9(12)16/h1-6H,16H2. The Balaban J connectivity index is 2.26. The Kier molecular flexibility index (Phi) is 2.80. The smallest absolute Gasteiger partial charge is 0.135 e. The first-order valence-corrected chi connectivity index (χ1v) is 6.86. The van der Waals surface area contributed by atoms with Crippen molar-refractivity contribution in [2.75, 3.05) is 5.73 Å². The van der Waals surface area contributed by atoms with Crippen LogP contribution in [0.5, 0.6) is 0 Å². The van der Waals surface area contributed by atoms with Crippen LogP contribution in [0.3, 0.4) is 0 Å². The lowest BCUT2D eigenvalue weighted by atomic mass is 10.2. The van der Waals surface area contributed by atoms with E-state index in [4.69, 9.17) is 5.73 Å². The largest absolute Gasteiger partial charge is 0.398 e. The van der Waals surface area contributed by atoms with Crippen molar-refractivity contribution in [1.29, 1.82) is 0 Å². The summed E-state index contributed by atoms with van der Waals surface area (Å²) in [7, 11) is 0. The highest BCUT2D eigenvalue weighted by Gasteiger charge is 2.13. The highest BCUT2D eigenvalue weighted by atomic mass is 79.9. The van der Waals surface area contributed by atoms with Crippen LogP contribution < -0.4 is 5.73 Å². The molecule has 1 heterocycles. The van der Waals surface area contributed by atoms with Crippen LogP contribution in [0.2, 0.25) is 0 Å². The molecular weight excluding hydrogens is 315 g/mol. The molecule has 2 N–H and O–H groups in total. The second-order valence-electron chi connectivity index (χ2n) is 3.84. The molecule has 0 aliphatic rings. The zero-order valence-electron chi connectivity index (χ0n) is 9.15. The number of aromatic nitrogens is 1. The fraction of sp³-hybridized carbons (Fsp3) is 0. The summed E-state index contributed by atoms with van der Waals surface area (Å²) in [5, 5.41) is 0.610. The number of hydrogen-bond donors (Lipinski definition) is 1. The monoisotopic (exact) mass is 322 g/mol. The highest BCUT2D eigenvalue weighted by Crippen LogP contribution is 2.35. The molecule has 5 heteroatoms. The molecule has 0 atom stereocenters. The number of anilines is 1. The average Bonchev–Trinajstić information content (AvgIpc) is 2.71. The van der Waals surface area contributed by atoms with E-state index in [0.29, 0.717) is 16.3 Å². The Bertz CT molecular complexity index is 719. The van der Waals surface area contributed by atoms with E-state index in [1.807, 2.05) is 18.2 Å². The molecule has 0 fully saturated rings. The van der Waals surface area contributed by atoms with Gasteiger partial charge in [-0.2, -0.15) is 0 Å². The average molecular weight is 323 g/mol. The van der Waals surface area contributed by atoms with Gasteiger partial charge in [-0.25, -0.2) is 9.37 Å². The summed E-state index contributed by atoms with van der Waals surface area (Å²) in [4.78, 5) is 4.43. The molecule has 0 bridgehead atoms. The van der Waals surface area contributed by atoms with Gasteiger partial charge < -0.3 is 5.73 Å². The second kappa shape index (κ2) is 4.33. The number of nitrogen functional groups attached to an aromatic ring is 1. The van der Waals surface area contributed by atoms with Gasteiger partial charge >= 0.3 is 0 Å². The van der Waals surface area contributed by atoms with E-state index < -0.39 is 0 Å². The van der Waals surface area contributed by atoms with Crippen LogP contribution in [0.15, 0.2) is 40.9 Å². The molecule has 3 aromatic rings. The summed E-state index contributed by atoms with van der Waals surface area (Å²) in [5.74, 6) is -0.340. The molecule has 0 aliphatic heterocycles. The molecule has 0 saturated heterocycles. The van der Waals surface area contributed by atoms with Gasteiger partial charge in [-0.3, -0.25) is 0 Å². The maximum Gasteiger partial charge on any atom is 0.135 e. The van der Waals surface area contributed by atoms with E-state index in [9.17, 15) is 4.39 Å². The van der Waals surface area contributed by atoms with Gasteiger partial charge in [-0.05, 0) is 30.3 Å². The normalized spacial score (nSPS) is 11.0. The van der Waals surface area contributed by atoms with E-state index in [0.717, 1.165) is 14.7 Å². The van der Waals surface area contributed by atoms with E-state index in [1.165, 1.54) is 17.4 Å². The summed E-state index contributed by atoms with van der Waals surface area (Å²) in [5.41, 5.74) is 7.46. The van der Waals surface area contributed by atoms with Crippen molar-refractivity contribution in [2.45, 2.75) is 0 Å². The van der Waals surface area contributed by atoms with Crippen LogP contribution >= 0.6 is 27.3 Å². The van der Waals surface area contributed by atoms with Gasteiger partial charge in [-0.1, -0.05) is 22.0 Å². The number of halogens is 2. The molecule has 0 unspecified atom stereocenters. The summed E-state index contributed by atoms with van der Waals surface area (Å²) < 4.78 is 15.8. The van der Waals surface area contributed by atoms with Crippen molar-refractivity contribution in [3.63, 3.8) is 0 Å². The van der Waals surface area contributed by atoms with E-state index >= 15 is 0 Å². The van der Waals surface area contributed by atoms with Gasteiger partial charge in [-0.15, -0.1) is 11.3 Å². The van der Waals surface area contributed by atoms with Crippen LogP contribution in [-0.2, 0) is 0 Å². The quantitative estimate of drug-likeness (QED) is 0.672. The molecule has 0 saturated carbocycles. The molecular formula is C13H8BrFN2S. The lowest BCUT2D eigenvalue weighted by Gasteiger charge is -2.02. The molecule has 90 valence electrons. The minimum Gasteiger partial charge on any atom is -0.398 e. The Morgan fingerprint density at radius 1 is 1.22 bits per heavy atom. The Morgan fingerprint density at radius 3 is 2.83 bits per heavy atom. The SMILES string of the molecule is Nc1cccc(F)c1-c1nc2cc(Br)ccc2s1. The van der Waals surface area contributed by atoms with Crippen molar-refractivity contribution in [3.8, 4) is 10.6 Å². The summed E-state index contributed by atoms with van der Waals surface area (Å²) >= 11 is 4.83. The number of nitrogens with two attached hydrogens (primary N) is 1. The Hall–Kier alpha value is -1.46. The van der Waals surface area contributed by atoms with Gasteiger partial charge in [0.25, 0.3) is 0 Å². The van der Waals surface area contributed by atoms with Crippen molar-refractivity contribution >= 4 is 43.2 Å². The van der Waals surface area contributed by atoms with Crippen LogP contribution in [0.25, 0.3) is 20.8 Å². The molecule has 0 spiro atoms. The van der Waals surface area contributed by atoms with Gasteiger partial charge in [0.05, 0.1) is 15.8 Å². The zero-order valence-corrected chi connectivity index (χ0v) is 11.6. The van der Waals surface area contributed by atoms with E-state index in [2.05, 4.69) is 20.9 Å². The number of benzene rings is 2. The summed E-state index contributed by atoms with van der Waals surface area (Å²) in [6.07, 6.45) is 0. The maximum absolute atomic E-state index is 13.8. The maximum atomic E-state index is 13.8. The van der Waals surface area contributed by atoms with Crippen molar-refractivity contribution in [1.82, 2.24) is 4.98 Å². The lowest BCUT2D eigenvalue weighted by Crippen LogP contribution is -1.92. The first kappa shape index (κ1) is 11.6. The van der Waals surface area contributed by atoms with Gasteiger partial charge in [0.1, 0.15) is 10.8 Å². The van der Waals surface area contributed by atoms with Gasteiger partial charge in [0.2, 0.25) is 0 Å². The molecule has 0 radical (unpaired) electrons. The number of thiazole rings is 1. The third-order valence-electron chi connectivity index (χ3n) is 2.61. The summed E-state index contributed by atoms with van der Waals surface area (Å²) in [6.45, 7) is 0. The highest BCUT2D eigenvalue weighted by molar-refractivity contribution is 9.10. The predicted octanol–water partition coefficient (Wildman–Crippen LogP) is 4.45. The number of fused-ring (bicyclic) bond motifs is 1. The Labute approximate surface area is 115 Å². The predicted molar refractivity (Wildman–Crippen MR) is 77.1 cm³/mol. The molecule has 18 heavy (non-hydrogen) atoms. The third kappa shape index (κ3) is 1.89.